The molecule has 1 N–H and O–H groups in total. The number of nitriles is 2. The van der Waals surface area contributed by atoms with Crippen molar-refractivity contribution in [3.8, 4) is 12.1 Å². The number of rotatable bonds is 1. The lowest BCUT2D eigenvalue weighted by Crippen LogP contribution is -2.05. The maximum Gasteiger partial charge on any atom is 0.221 e. The number of amides is 1. The predicted octanol–water partition coefficient (Wildman–Crippen LogP) is 2.54. The number of benzene rings is 2. The van der Waals surface area contributed by atoms with Crippen molar-refractivity contribution in [2.24, 2.45) is 0 Å². The van der Waals surface area contributed by atoms with E-state index in [1.54, 1.807) is 24.3 Å². The molecule has 0 saturated heterocycles. The Bertz CT molecular complexity index is 720. The maximum absolute atomic E-state index is 11.0. The van der Waals surface area contributed by atoms with Crippen LogP contribution in [0.5, 0.6) is 0 Å². The molecule has 1 amide bonds. The molecule has 0 heterocycles. The average Bonchev–Trinajstić information content (AvgIpc) is 2.36. The summed E-state index contributed by atoms with van der Waals surface area (Å²) in [5.41, 5.74) is 1.37. The lowest BCUT2D eigenvalue weighted by Gasteiger charge is -2.05. The predicted molar refractivity (Wildman–Crippen MR) is 67.7 cm³/mol. The van der Waals surface area contributed by atoms with Gasteiger partial charge in [0, 0.05) is 12.6 Å². The number of nitrogens with zero attached hydrogens (tertiary/aromatic N) is 2. The summed E-state index contributed by atoms with van der Waals surface area (Å²) in [4.78, 5) is 11.0. The summed E-state index contributed by atoms with van der Waals surface area (Å²) in [5, 5.41) is 22.2. The summed E-state index contributed by atoms with van der Waals surface area (Å²) in [6.07, 6.45) is 0. The maximum atomic E-state index is 11.0. The van der Waals surface area contributed by atoms with Crippen molar-refractivity contribution in [2.75, 3.05) is 5.32 Å². The van der Waals surface area contributed by atoms with Crippen LogP contribution in [0.1, 0.15) is 18.1 Å². The van der Waals surface area contributed by atoms with Crippen LogP contribution in [0.4, 0.5) is 5.69 Å². The number of nitrogens with one attached hydrogen (secondary N) is 1. The number of hydrogen-bond acceptors (Lipinski definition) is 3. The Hall–Kier alpha value is -2.85. The van der Waals surface area contributed by atoms with Crippen molar-refractivity contribution in [2.45, 2.75) is 6.92 Å². The van der Waals surface area contributed by atoms with E-state index in [0.717, 1.165) is 10.8 Å². The van der Waals surface area contributed by atoms with E-state index in [1.807, 2.05) is 18.2 Å². The molecule has 0 aliphatic carbocycles. The second-order valence-corrected chi connectivity index (χ2v) is 3.86. The van der Waals surface area contributed by atoms with Crippen molar-refractivity contribution >= 4 is 22.4 Å². The van der Waals surface area contributed by atoms with Crippen LogP contribution in [0.3, 0.4) is 0 Å². The normalized spacial score (nSPS) is 9.50. The van der Waals surface area contributed by atoms with Gasteiger partial charge in [-0.25, -0.2) is 0 Å². The monoisotopic (exact) mass is 235 g/mol. The third kappa shape index (κ3) is 2.14. The van der Waals surface area contributed by atoms with Gasteiger partial charge in [-0.2, -0.15) is 10.5 Å². The Balaban J connectivity index is 2.61. The largest absolute Gasteiger partial charge is 0.326 e. The molecule has 0 atom stereocenters. The van der Waals surface area contributed by atoms with Crippen LogP contribution in [0.15, 0.2) is 30.3 Å². The Morgan fingerprint density at radius 3 is 2.22 bits per heavy atom. The second kappa shape index (κ2) is 4.57. The van der Waals surface area contributed by atoms with Gasteiger partial charge in [-0.1, -0.05) is 6.07 Å². The molecule has 4 heteroatoms. The van der Waals surface area contributed by atoms with Gasteiger partial charge in [-0.05, 0) is 35.0 Å². The van der Waals surface area contributed by atoms with Gasteiger partial charge in [-0.3, -0.25) is 4.79 Å². The summed E-state index contributed by atoms with van der Waals surface area (Å²) in [7, 11) is 0. The molecule has 18 heavy (non-hydrogen) atoms. The third-order valence-corrected chi connectivity index (χ3v) is 2.54. The lowest BCUT2D eigenvalue weighted by molar-refractivity contribution is -0.114. The zero-order valence-electron chi connectivity index (χ0n) is 9.69. The fraction of sp³-hybridized carbons (Fsp3) is 0.0714. The molecule has 0 aromatic heterocycles. The Morgan fingerprint density at radius 2 is 1.67 bits per heavy atom. The number of carbonyl (C=O) groups excluding carboxylic acids is 1. The smallest absolute Gasteiger partial charge is 0.221 e. The molecule has 0 fully saturated rings. The molecule has 0 spiro atoms. The molecular formula is C14H9N3O. The van der Waals surface area contributed by atoms with E-state index in [9.17, 15) is 4.79 Å². The molecule has 0 aliphatic rings. The molecular weight excluding hydrogens is 226 g/mol. The highest BCUT2D eigenvalue weighted by Gasteiger charge is 2.05. The third-order valence-electron chi connectivity index (χ3n) is 2.54. The van der Waals surface area contributed by atoms with Crippen molar-refractivity contribution in [3.05, 3.63) is 41.5 Å². The van der Waals surface area contributed by atoms with Crippen LogP contribution in [0.2, 0.25) is 0 Å². The summed E-state index contributed by atoms with van der Waals surface area (Å²) >= 11 is 0. The summed E-state index contributed by atoms with van der Waals surface area (Å²) in [6, 6.07) is 12.7. The quantitative estimate of drug-likeness (QED) is 0.825. The SMILES string of the molecule is CC(=O)Nc1ccc2cc(C#N)c(C#N)cc2c1. The van der Waals surface area contributed by atoms with Crippen LogP contribution < -0.4 is 5.32 Å². The van der Waals surface area contributed by atoms with Gasteiger partial charge < -0.3 is 5.32 Å². The highest BCUT2D eigenvalue weighted by Crippen LogP contribution is 2.23. The topological polar surface area (TPSA) is 76.7 Å². The number of carbonyl (C=O) groups is 1. The van der Waals surface area contributed by atoms with Crippen molar-refractivity contribution in [1.29, 1.82) is 10.5 Å². The number of fused-ring (bicyclic) bond motifs is 1. The fourth-order valence-corrected chi connectivity index (χ4v) is 1.76. The number of hydrogen-bond donors (Lipinski definition) is 1. The second-order valence-electron chi connectivity index (χ2n) is 3.86. The van der Waals surface area contributed by atoms with E-state index in [-0.39, 0.29) is 5.91 Å². The number of anilines is 1. The minimum atomic E-state index is -0.150. The van der Waals surface area contributed by atoms with Gasteiger partial charge >= 0.3 is 0 Å². The van der Waals surface area contributed by atoms with Gasteiger partial charge in [-0.15, -0.1) is 0 Å². The van der Waals surface area contributed by atoms with E-state index >= 15 is 0 Å². The van der Waals surface area contributed by atoms with Crippen LogP contribution in [-0.2, 0) is 4.79 Å². The van der Waals surface area contributed by atoms with E-state index < -0.39 is 0 Å². The first kappa shape index (κ1) is 11.6. The van der Waals surface area contributed by atoms with E-state index in [4.69, 9.17) is 10.5 Å². The van der Waals surface area contributed by atoms with Gasteiger partial charge in [0.15, 0.2) is 0 Å². The highest BCUT2D eigenvalue weighted by molar-refractivity contribution is 5.94. The molecule has 0 radical (unpaired) electrons. The average molecular weight is 235 g/mol. The first-order chi connectivity index (χ1) is 8.63. The van der Waals surface area contributed by atoms with Crippen LogP contribution in [0.25, 0.3) is 10.8 Å². The highest BCUT2D eigenvalue weighted by atomic mass is 16.1. The first-order valence-corrected chi connectivity index (χ1v) is 5.29. The van der Waals surface area contributed by atoms with E-state index in [1.165, 1.54) is 6.92 Å². The standard InChI is InChI=1S/C14H9N3O/c1-9(18)17-14-3-2-10-4-12(7-15)13(8-16)5-11(10)6-14/h2-6H,1H3,(H,17,18). The van der Waals surface area contributed by atoms with Crippen LogP contribution >= 0.6 is 0 Å². The van der Waals surface area contributed by atoms with Crippen molar-refractivity contribution in [3.63, 3.8) is 0 Å². The van der Waals surface area contributed by atoms with Gasteiger partial charge in [0.25, 0.3) is 0 Å². The first-order valence-electron chi connectivity index (χ1n) is 5.29. The van der Waals surface area contributed by atoms with Crippen LogP contribution in [0, 0.1) is 22.7 Å². The van der Waals surface area contributed by atoms with Gasteiger partial charge in [0.1, 0.15) is 12.1 Å². The Labute approximate surface area is 104 Å². The van der Waals surface area contributed by atoms with E-state index in [0.29, 0.717) is 16.8 Å². The van der Waals surface area contributed by atoms with Gasteiger partial charge in [0.05, 0.1) is 11.1 Å². The molecule has 2 aromatic rings. The summed E-state index contributed by atoms with van der Waals surface area (Å²) in [5.74, 6) is -0.150. The van der Waals surface area contributed by atoms with Crippen molar-refractivity contribution in [1.82, 2.24) is 0 Å². The van der Waals surface area contributed by atoms with E-state index in [2.05, 4.69) is 5.32 Å². The molecule has 2 aromatic carbocycles. The molecule has 2 rings (SSSR count). The Morgan fingerprint density at radius 1 is 1.06 bits per heavy atom. The van der Waals surface area contributed by atoms with Crippen molar-refractivity contribution < 1.29 is 4.79 Å². The minimum absolute atomic E-state index is 0.150. The molecule has 0 unspecified atom stereocenters. The summed E-state index contributed by atoms with van der Waals surface area (Å²) < 4.78 is 0. The molecule has 0 saturated carbocycles. The zero-order chi connectivity index (χ0) is 13.1. The minimum Gasteiger partial charge on any atom is -0.326 e. The molecule has 0 bridgehead atoms. The zero-order valence-corrected chi connectivity index (χ0v) is 9.69. The molecule has 0 aliphatic heterocycles. The molecule has 86 valence electrons. The Kier molecular flexibility index (Phi) is 2.95. The molecule has 4 nitrogen and oxygen atoms in total. The van der Waals surface area contributed by atoms with Gasteiger partial charge in [0.2, 0.25) is 5.91 Å². The fourth-order valence-electron chi connectivity index (χ4n) is 1.76. The summed E-state index contributed by atoms with van der Waals surface area (Å²) in [6.45, 7) is 1.43. The lowest BCUT2D eigenvalue weighted by atomic mass is 10.0. The van der Waals surface area contributed by atoms with Crippen LogP contribution in [-0.4, -0.2) is 5.91 Å².